The Morgan fingerprint density at radius 3 is 1.70 bits per heavy atom. The van der Waals surface area contributed by atoms with Crippen LogP contribution in [-0.2, 0) is 0 Å². The Bertz CT molecular complexity index is 700. The van der Waals surface area contributed by atoms with Crippen molar-refractivity contribution in [3.63, 3.8) is 0 Å². The molecule has 0 radical (unpaired) electrons. The molecule has 0 nitrogen and oxygen atoms in total. The van der Waals surface area contributed by atoms with Crippen LogP contribution >= 0.6 is 10.0 Å². The van der Waals surface area contributed by atoms with E-state index in [4.69, 9.17) is 0 Å². The second kappa shape index (κ2) is 6.28. The number of allylic oxidation sites excluding steroid dienone is 3. The number of hydrogen-bond donors (Lipinski definition) is 0. The third-order valence-electron chi connectivity index (χ3n) is 4.23. The lowest BCUT2D eigenvalue weighted by molar-refractivity contribution is 0.626. The standard InChI is InChI=1S/C19H17F3S/c1-23(17-8-2-14(20)3-9-17,18-10-4-15(21)5-11-18)19-12-6-16(22)7-13-19/h2-12,19H,13H2,1H3. The topological polar surface area (TPSA) is 0 Å². The van der Waals surface area contributed by atoms with Gasteiger partial charge in [-0.2, -0.15) is 10.0 Å². The van der Waals surface area contributed by atoms with E-state index in [9.17, 15) is 13.2 Å². The van der Waals surface area contributed by atoms with Gasteiger partial charge in [0.25, 0.3) is 0 Å². The van der Waals surface area contributed by atoms with Crippen molar-refractivity contribution in [1.82, 2.24) is 0 Å². The molecule has 0 N–H and O–H groups in total. The molecule has 1 aliphatic carbocycles. The van der Waals surface area contributed by atoms with Crippen LogP contribution in [-0.4, -0.2) is 11.5 Å². The summed E-state index contributed by atoms with van der Waals surface area (Å²) < 4.78 is 40.0. The van der Waals surface area contributed by atoms with Crippen LogP contribution < -0.4 is 0 Å². The molecule has 1 unspecified atom stereocenters. The highest BCUT2D eigenvalue weighted by molar-refractivity contribution is 8.33. The van der Waals surface area contributed by atoms with E-state index in [1.165, 1.54) is 30.3 Å². The summed E-state index contributed by atoms with van der Waals surface area (Å²) in [7, 11) is -1.59. The van der Waals surface area contributed by atoms with E-state index in [1.807, 2.05) is 6.08 Å². The minimum absolute atomic E-state index is 0.0814. The first-order valence-electron chi connectivity index (χ1n) is 7.32. The molecule has 0 aliphatic heterocycles. The number of rotatable bonds is 3. The largest absolute Gasteiger partial charge is 0.207 e. The first-order chi connectivity index (χ1) is 11.0. The second-order valence-corrected chi connectivity index (χ2v) is 9.12. The lowest BCUT2D eigenvalue weighted by Gasteiger charge is -2.43. The van der Waals surface area contributed by atoms with Gasteiger partial charge in [-0.3, -0.25) is 0 Å². The van der Waals surface area contributed by atoms with E-state index in [0.29, 0.717) is 6.42 Å². The van der Waals surface area contributed by atoms with Crippen molar-refractivity contribution < 1.29 is 13.2 Å². The zero-order valence-electron chi connectivity index (χ0n) is 12.7. The fourth-order valence-electron chi connectivity index (χ4n) is 2.84. The Labute approximate surface area is 135 Å². The van der Waals surface area contributed by atoms with Gasteiger partial charge in [0.15, 0.2) is 0 Å². The van der Waals surface area contributed by atoms with E-state index in [0.717, 1.165) is 9.79 Å². The first kappa shape index (κ1) is 15.9. The molecule has 0 saturated heterocycles. The molecule has 0 heterocycles. The van der Waals surface area contributed by atoms with Crippen LogP contribution in [0, 0.1) is 11.6 Å². The average molecular weight is 334 g/mol. The normalized spacial score (nSPS) is 18.6. The SMILES string of the molecule is CS(c1ccc(F)cc1)(c1ccc(F)cc1)C1C=CC(F)=CC1. The van der Waals surface area contributed by atoms with Gasteiger partial charge in [0.2, 0.25) is 0 Å². The van der Waals surface area contributed by atoms with Crippen molar-refractivity contribution >= 4 is 10.0 Å². The molecule has 0 fully saturated rings. The zero-order chi connectivity index (χ0) is 16.4. The maximum atomic E-state index is 13.3. The summed E-state index contributed by atoms with van der Waals surface area (Å²) in [6.07, 6.45) is 7.61. The van der Waals surface area contributed by atoms with Crippen LogP contribution in [0.15, 0.2) is 82.4 Å². The van der Waals surface area contributed by atoms with Crippen molar-refractivity contribution in [2.45, 2.75) is 21.5 Å². The van der Waals surface area contributed by atoms with Crippen molar-refractivity contribution in [3.05, 3.63) is 84.2 Å². The summed E-state index contributed by atoms with van der Waals surface area (Å²) in [5.41, 5.74) is 0. The Hall–Kier alpha value is -1.94. The third-order valence-corrected chi connectivity index (χ3v) is 8.29. The summed E-state index contributed by atoms with van der Waals surface area (Å²) in [5.74, 6) is -0.819. The molecular weight excluding hydrogens is 317 g/mol. The van der Waals surface area contributed by atoms with Gasteiger partial charge in [-0.05, 0) is 83.2 Å². The molecule has 0 saturated carbocycles. The summed E-state index contributed by atoms with van der Waals surface area (Å²) in [6, 6.07) is 12.8. The molecular formula is C19H17F3S. The van der Waals surface area contributed by atoms with Gasteiger partial charge in [0.1, 0.15) is 17.5 Å². The Morgan fingerprint density at radius 1 is 0.826 bits per heavy atom. The molecule has 1 aliphatic rings. The average Bonchev–Trinajstić information content (AvgIpc) is 2.56. The number of benzene rings is 2. The Kier molecular flexibility index (Phi) is 4.35. The van der Waals surface area contributed by atoms with E-state index in [1.54, 1.807) is 30.3 Å². The van der Waals surface area contributed by atoms with E-state index in [2.05, 4.69) is 6.26 Å². The summed E-state index contributed by atoms with van der Waals surface area (Å²) in [5, 5.41) is 0.0814. The maximum Gasteiger partial charge on any atom is 0.123 e. The summed E-state index contributed by atoms with van der Waals surface area (Å²) >= 11 is 0. The van der Waals surface area contributed by atoms with Gasteiger partial charge < -0.3 is 0 Å². The smallest absolute Gasteiger partial charge is 0.123 e. The van der Waals surface area contributed by atoms with Crippen LogP contribution in [0.2, 0.25) is 0 Å². The lowest BCUT2D eigenvalue weighted by atomic mass is 10.2. The maximum absolute atomic E-state index is 13.3. The highest BCUT2D eigenvalue weighted by atomic mass is 32.3. The van der Waals surface area contributed by atoms with Crippen LogP contribution in [0.4, 0.5) is 13.2 Å². The van der Waals surface area contributed by atoms with E-state index < -0.39 is 10.0 Å². The quantitative estimate of drug-likeness (QED) is 0.646. The molecule has 3 rings (SSSR count). The summed E-state index contributed by atoms with van der Waals surface area (Å²) in [4.78, 5) is 1.99. The predicted octanol–water partition coefficient (Wildman–Crippen LogP) is 6.00. The molecule has 0 spiro atoms. The molecule has 23 heavy (non-hydrogen) atoms. The monoisotopic (exact) mass is 334 g/mol. The van der Waals surface area contributed by atoms with Gasteiger partial charge >= 0.3 is 0 Å². The highest BCUT2D eigenvalue weighted by Gasteiger charge is 2.32. The fraction of sp³-hybridized carbons (Fsp3) is 0.158. The third kappa shape index (κ3) is 3.08. The van der Waals surface area contributed by atoms with Crippen LogP contribution in [0.25, 0.3) is 0 Å². The minimum atomic E-state index is -1.59. The van der Waals surface area contributed by atoms with E-state index >= 15 is 0 Å². The van der Waals surface area contributed by atoms with Gasteiger partial charge in [0.05, 0.1) is 0 Å². The Balaban J connectivity index is 2.11. The summed E-state index contributed by atoms with van der Waals surface area (Å²) in [6.45, 7) is 0. The minimum Gasteiger partial charge on any atom is -0.207 e. The molecule has 2 aromatic rings. The van der Waals surface area contributed by atoms with Crippen molar-refractivity contribution in [3.8, 4) is 0 Å². The van der Waals surface area contributed by atoms with Gasteiger partial charge in [-0.15, -0.1) is 0 Å². The second-order valence-electron chi connectivity index (χ2n) is 5.61. The molecule has 2 aromatic carbocycles. The Morgan fingerprint density at radius 2 is 1.30 bits per heavy atom. The van der Waals surface area contributed by atoms with Crippen molar-refractivity contribution in [2.75, 3.05) is 6.26 Å². The molecule has 0 bridgehead atoms. The number of hydrogen-bond acceptors (Lipinski definition) is 0. The van der Waals surface area contributed by atoms with Crippen LogP contribution in [0.1, 0.15) is 6.42 Å². The number of halogens is 3. The van der Waals surface area contributed by atoms with Crippen molar-refractivity contribution in [2.24, 2.45) is 0 Å². The zero-order valence-corrected chi connectivity index (χ0v) is 13.5. The van der Waals surface area contributed by atoms with Crippen LogP contribution in [0.3, 0.4) is 0 Å². The molecule has 0 amide bonds. The molecule has 4 heteroatoms. The fourth-order valence-corrected chi connectivity index (χ4v) is 6.09. The van der Waals surface area contributed by atoms with Gasteiger partial charge in [-0.1, -0.05) is 6.08 Å². The van der Waals surface area contributed by atoms with Crippen molar-refractivity contribution in [1.29, 1.82) is 0 Å². The van der Waals surface area contributed by atoms with Crippen LogP contribution in [0.5, 0.6) is 0 Å². The van der Waals surface area contributed by atoms with E-state index in [-0.39, 0.29) is 22.7 Å². The first-order valence-corrected chi connectivity index (χ1v) is 9.43. The lowest BCUT2D eigenvalue weighted by Crippen LogP contribution is -2.17. The van der Waals surface area contributed by atoms with Gasteiger partial charge in [0, 0.05) is 5.25 Å². The molecule has 1 atom stereocenters. The predicted molar refractivity (Wildman–Crippen MR) is 89.6 cm³/mol. The molecule has 0 aromatic heterocycles. The van der Waals surface area contributed by atoms with Gasteiger partial charge in [-0.25, -0.2) is 13.2 Å². The highest BCUT2D eigenvalue weighted by Crippen LogP contribution is 2.64. The molecule has 120 valence electrons.